The lowest BCUT2D eigenvalue weighted by molar-refractivity contribution is -0.114. The van der Waals surface area contributed by atoms with E-state index in [0.29, 0.717) is 16.3 Å². The summed E-state index contributed by atoms with van der Waals surface area (Å²) in [5.41, 5.74) is 1.40. The Balaban J connectivity index is 1.92. The highest BCUT2D eigenvalue weighted by Crippen LogP contribution is 2.22. The van der Waals surface area contributed by atoms with Gasteiger partial charge >= 0.3 is 0 Å². The smallest absolute Gasteiger partial charge is 0.221 e. The molecule has 0 aromatic heterocycles. The van der Waals surface area contributed by atoms with Crippen molar-refractivity contribution in [2.45, 2.75) is 11.8 Å². The van der Waals surface area contributed by atoms with Crippen molar-refractivity contribution < 1.29 is 9.59 Å². The lowest BCUT2D eigenvalue weighted by Crippen LogP contribution is -2.05. The summed E-state index contributed by atoms with van der Waals surface area (Å²) in [6.45, 7) is 1.47. The molecule has 108 valence electrons. The molecular formula is C16H14ClNO2S. The Hall–Kier alpha value is -1.78. The van der Waals surface area contributed by atoms with Crippen molar-refractivity contribution in [2.75, 3.05) is 11.1 Å². The van der Waals surface area contributed by atoms with E-state index in [9.17, 15) is 9.59 Å². The van der Waals surface area contributed by atoms with Crippen LogP contribution in [0.3, 0.4) is 0 Å². The van der Waals surface area contributed by atoms with Crippen LogP contribution in [0.25, 0.3) is 0 Å². The van der Waals surface area contributed by atoms with Crippen LogP contribution >= 0.6 is 23.4 Å². The van der Waals surface area contributed by atoms with Gasteiger partial charge in [0.1, 0.15) is 0 Å². The first-order chi connectivity index (χ1) is 10.0. The van der Waals surface area contributed by atoms with E-state index in [0.717, 1.165) is 10.6 Å². The summed E-state index contributed by atoms with van der Waals surface area (Å²) in [4.78, 5) is 23.9. The van der Waals surface area contributed by atoms with Crippen LogP contribution in [0.1, 0.15) is 17.3 Å². The molecule has 0 heterocycles. The van der Waals surface area contributed by atoms with Gasteiger partial charge in [0.25, 0.3) is 0 Å². The van der Waals surface area contributed by atoms with E-state index in [2.05, 4.69) is 5.32 Å². The fraction of sp³-hybridized carbons (Fsp3) is 0.125. The standard InChI is InChI=1S/C16H14ClNO2S/c1-11(19)18-14-6-8-15(9-7-14)21-10-16(20)12-2-4-13(17)5-3-12/h2-9H,10H2,1H3,(H,18,19). The summed E-state index contributed by atoms with van der Waals surface area (Å²) in [5.74, 6) is 0.317. The van der Waals surface area contributed by atoms with E-state index in [-0.39, 0.29) is 11.7 Å². The molecule has 0 spiro atoms. The molecule has 0 saturated heterocycles. The fourth-order valence-electron chi connectivity index (χ4n) is 1.71. The molecular weight excluding hydrogens is 306 g/mol. The van der Waals surface area contributed by atoms with E-state index in [1.807, 2.05) is 24.3 Å². The number of halogens is 1. The van der Waals surface area contributed by atoms with Crippen molar-refractivity contribution in [2.24, 2.45) is 0 Å². The SMILES string of the molecule is CC(=O)Nc1ccc(SCC(=O)c2ccc(Cl)cc2)cc1. The van der Waals surface area contributed by atoms with Gasteiger partial charge in [0.15, 0.2) is 5.78 Å². The summed E-state index contributed by atoms with van der Waals surface area (Å²) in [7, 11) is 0. The molecule has 5 heteroatoms. The van der Waals surface area contributed by atoms with Crippen molar-refractivity contribution in [3.63, 3.8) is 0 Å². The second-order valence-electron chi connectivity index (χ2n) is 4.42. The van der Waals surface area contributed by atoms with E-state index in [1.165, 1.54) is 18.7 Å². The van der Waals surface area contributed by atoms with Crippen molar-refractivity contribution in [3.8, 4) is 0 Å². The molecule has 1 N–H and O–H groups in total. The summed E-state index contributed by atoms with van der Waals surface area (Å²) >= 11 is 7.25. The number of rotatable bonds is 5. The summed E-state index contributed by atoms with van der Waals surface area (Å²) in [6.07, 6.45) is 0. The number of benzene rings is 2. The number of nitrogens with one attached hydrogen (secondary N) is 1. The topological polar surface area (TPSA) is 46.2 Å². The average molecular weight is 320 g/mol. The quantitative estimate of drug-likeness (QED) is 0.661. The molecule has 0 radical (unpaired) electrons. The maximum absolute atomic E-state index is 12.0. The largest absolute Gasteiger partial charge is 0.326 e. The number of hydrogen-bond acceptors (Lipinski definition) is 3. The molecule has 1 amide bonds. The van der Waals surface area contributed by atoms with Crippen LogP contribution in [0.15, 0.2) is 53.4 Å². The Bertz CT molecular complexity index is 638. The molecule has 2 aromatic rings. The Labute approximate surface area is 132 Å². The van der Waals surface area contributed by atoms with Gasteiger partial charge in [-0.3, -0.25) is 9.59 Å². The van der Waals surface area contributed by atoms with Crippen LogP contribution < -0.4 is 5.32 Å². The maximum Gasteiger partial charge on any atom is 0.221 e. The van der Waals surface area contributed by atoms with E-state index >= 15 is 0 Å². The minimum atomic E-state index is -0.103. The first kappa shape index (κ1) is 15.6. The van der Waals surface area contributed by atoms with Gasteiger partial charge in [-0.2, -0.15) is 0 Å². The zero-order chi connectivity index (χ0) is 15.2. The van der Waals surface area contributed by atoms with Gasteiger partial charge in [-0.1, -0.05) is 11.6 Å². The van der Waals surface area contributed by atoms with E-state index in [4.69, 9.17) is 11.6 Å². The highest BCUT2D eigenvalue weighted by molar-refractivity contribution is 8.00. The molecule has 0 atom stereocenters. The molecule has 2 aromatic carbocycles. The third-order valence-electron chi connectivity index (χ3n) is 2.71. The third-order valence-corrected chi connectivity index (χ3v) is 3.97. The molecule has 0 aliphatic heterocycles. The van der Waals surface area contributed by atoms with Crippen LogP contribution in [0, 0.1) is 0 Å². The number of thioether (sulfide) groups is 1. The van der Waals surface area contributed by atoms with Crippen LogP contribution in [0.5, 0.6) is 0 Å². The fourth-order valence-corrected chi connectivity index (χ4v) is 2.62. The second kappa shape index (κ2) is 7.29. The summed E-state index contributed by atoms with van der Waals surface area (Å²) < 4.78 is 0. The van der Waals surface area contributed by atoms with Gasteiger partial charge < -0.3 is 5.32 Å². The van der Waals surface area contributed by atoms with Gasteiger partial charge in [0.05, 0.1) is 5.75 Å². The van der Waals surface area contributed by atoms with Crippen molar-refractivity contribution in [1.29, 1.82) is 0 Å². The highest BCUT2D eigenvalue weighted by atomic mass is 35.5. The summed E-state index contributed by atoms with van der Waals surface area (Å²) in [5, 5.41) is 3.32. The van der Waals surface area contributed by atoms with Crippen molar-refractivity contribution in [1.82, 2.24) is 0 Å². The van der Waals surface area contributed by atoms with Gasteiger partial charge in [-0.25, -0.2) is 0 Å². The minimum absolute atomic E-state index is 0.0580. The Kier molecular flexibility index (Phi) is 5.42. The number of hydrogen-bond donors (Lipinski definition) is 1. The van der Waals surface area contributed by atoms with Gasteiger partial charge in [-0.05, 0) is 48.5 Å². The molecule has 0 bridgehead atoms. The number of Topliss-reactive ketones (excluding diaryl/α,β-unsaturated/α-hetero) is 1. The lowest BCUT2D eigenvalue weighted by Gasteiger charge is -2.04. The zero-order valence-corrected chi connectivity index (χ0v) is 13.0. The molecule has 3 nitrogen and oxygen atoms in total. The van der Waals surface area contributed by atoms with E-state index in [1.54, 1.807) is 24.3 Å². The number of ketones is 1. The predicted octanol–water partition coefficient (Wildman–Crippen LogP) is 4.27. The molecule has 0 aliphatic rings. The van der Waals surface area contributed by atoms with Crippen molar-refractivity contribution in [3.05, 3.63) is 59.1 Å². The van der Waals surface area contributed by atoms with Crippen LogP contribution in [0.2, 0.25) is 5.02 Å². The molecule has 0 unspecified atom stereocenters. The monoisotopic (exact) mass is 319 g/mol. The molecule has 0 fully saturated rings. The zero-order valence-electron chi connectivity index (χ0n) is 11.4. The Morgan fingerprint density at radius 2 is 1.67 bits per heavy atom. The third kappa shape index (κ3) is 4.92. The van der Waals surface area contributed by atoms with Crippen LogP contribution in [-0.2, 0) is 4.79 Å². The van der Waals surface area contributed by atoms with E-state index < -0.39 is 0 Å². The molecule has 21 heavy (non-hydrogen) atoms. The van der Waals surface area contributed by atoms with Crippen LogP contribution in [0.4, 0.5) is 5.69 Å². The number of anilines is 1. The number of carbonyl (C=O) groups is 2. The first-order valence-electron chi connectivity index (χ1n) is 6.34. The second-order valence-corrected chi connectivity index (χ2v) is 5.91. The molecule has 2 rings (SSSR count). The Morgan fingerprint density at radius 1 is 1.05 bits per heavy atom. The maximum atomic E-state index is 12.0. The molecule has 0 aliphatic carbocycles. The van der Waals surface area contributed by atoms with Gasteiger partial charge in [0, 0.05) is 28.1 Å². The summed E-state index contributed by atoms with van der Waals surface area (Å²) in [6, 6.07) is 14.3. The van der Waals surface area contributed by atoms with Crippen LogP contribution in [-0.4, -0.2) is 17.4 Å². The Morgan fingerprint density at radius 3 is 2.24 bits per heavy atom. The first-order valence-corrected chi connectivity index (χ1v) is 7.70. The van der Waals surface area contributed by atoms with Gasteiger partial charge in [-0.15, -0.1) is 11.8 Å². The lowest BCUT2D eigenvalue weighted by atomic mass is 10.1. The molecule has 0 saturated carbocycles. The number of carbonyl (C=O) groups excluding carboxylic acids is 2. The van der Waals surface area contributed by atoms with Gasteiger partial charge in [0.2, 0.25) is 5.91 Å². The average Bonchev–Trinajstić information content (AvgIpc) is 2.46. The number of amides is 1. The minimum Gasteiger partial charge on any atom is -0.326 e. The predicted molar refractivity (Wildman–Crippen MR) is 87.3 cm³/mol. The van der Waals surface area contributed by atoms with Crippen molar-refractivity contribution >= 4 is 40.7 Å². The normalized spacial score (nSPS) is 10.2. The highest BCUT2D eigenvalue weighted by Gasteiger charge is 2.06.